The smallest absolute Gasteiger partial charge is 0.275 e. The van der Waals surface area contributed by atoms with E-state index in [0.29, 0.717) is 33.7 Å². The lowest BCUT2D eigenvalue weighted by Gasteiger charge is -2.10. The number of hydrogen-bond donors (Lipinski definition) is 1. The van der Waals surface area contributed by atoms with Gasteiger partial charge < -0.3 is 5.32 Å². The highest BCUT2D eigenvalue weighted by molar-refractivity contribution is 7.98. The highest BCUT2D eigenvalue weighted by Crippen LogP contribution is 2.28. The normalized spacial score (nSPS) is 10.9. The van der Waals surface area contributed by atoms with Crippen molar-refractivity contribution in [1.29, 1.82) is 0 Å². The zero-order chi connectivity index (χ0) is 24.9. The van der Waals surface area contributed by atoms with Crippen LogP contribution >= 0.6 is 34.7 Å². The van der Waals surface area contributed by atoms with E-state index in [0.717, 1.165) is 22.1 Å². The van der Waals surface area contributed by atoms with Crippen LogP contribution in [-0.2, 0) is 12.2 Å². The van der Waals surface area contributed by atoms with E-state index >= 15 is 0 Å². The Morgan fingerprint density at radius 3 is 2.61 bits per heavy atom. The van der Waals surface area contributed by atoms with Gasteiger partial charge in [0.25, 0.3) is 5.91 Å². The molecule has 0 radical (unpaired) electrons. The molecule has 1 N–H and O–H groups in total. The number of anilines is 1. The Kier molecular flexibility index (Phi) is 7.41. The van der Waals surface area contributed by atoms with Crippen LogP contribution in [0.25, 0.3) is 5.69 Å². The molecule has 0 atom stereocenters. The van der Waals surface area contributed by atoms with Crippen molar-refractivity contribution in [3.8, 4) is 5.69 Å². The zero-order valence-corrected chi connectivity index (χ0v) is 21.2. The lowest BCUT2D eigenvalue weighted by molar-refractivity contribution is 0.102. The van der Waals surface area contributed by atoms with Crippen LogP contribution in [0.2, 0.25) is 5.02 Å². The first-order chi connectivity index (χ1) is 17.5. The number of carbonyl (C=O) groups excluding carboxylic acids is 1. The molecule has 0 fully saturated rings. The van der Waals surface area contributed by atoms with Crippen LogP contribution in [0, 0.1) is 5.82 Å². The lowest BCUT2D eigenvalue weighted by atomic mass is 10.1. The van der Waals surface area contributed by atoms with Gasteiger partial charge in [0.15, 0.2) is 5.16 Å². The maximum Gasteiger partial charge on any atom is 0.275 e. The number of thiazole rings is 1. The fourth-order valence-electron chi connectivity index (χ4n) is 3.50. The van der Waals surface area contributed by atoms with Crippen molar-refractivity contribution < 1.29 is 9.18 Å². The molecule has 0 aliphatic heterocycles. The van der Waals surface area contributed by atoms with Crippen LogP contribution in [0.15, 0.2) is 89.4 Å². The second kappa shape index (κ2) is 11.0. The Morgan fingerprint density at radius 2 is 1.83 bits per heavy atom. The monoisotopic (exact) mass is 535 g/mol. The first-order valence-corrected chi connectivity index (χ1v) is 13.2. The largest absolute Gasteiger partial charge is 0.321 e. The maximum absolute atomic E-state index is 13.1. The fraction of sp³-hybridized carbons (Fsp3) is 0.0769. The second-order valence-electron chi connectivity index (χ2n) is 7.75. The van der Waals surface area contributed by atoms with E-state index < -0.39 is 0 Å². The third-order valence-electron chi connectivity index (χ3n) is 5.18. The molecule has 5 rings (SSSR count). The summed E-state index contributed by atoms with van der Waals surface area (Å²) in [5.41, 5.74) is 2.81. The van der Waals surface area contributed by atoms with Crippen molar-refractivity contribution in [3.63, 3.8) is 0 Å². The van der Waals surface area contributed by atoms with Gasteiger partial charge in [-0.25, -0.2) is 9.37 Å². The summed E-state index contributed by atoms with van der Waals surface area (Å²) in [5.74, 6) is 0.600. The maximum atomic E-state index is 13.1. The molecule has 3 aromatic carbocycles. The fourth-order valence-corrected chi connectivity index (χ4v) is 5.44. The minimum atomic E-state index is -0.362. The average Bonchev–Trinajstić information content (AvgIpc) is 3.52. The number of halogens is 2. The summed E-state index contributed by atoms with van der Waals surface area (Å²) in [6.45, 7) is 0. The predicted molar refractivity (Wildman–Crippen MR) is 142 cm³/mol. The topological polar surface area (TPSA) is 72.7 Å². The average molecular weight is 536 g/mol. The molecular formula is C26H19ClFN5OS2. The highest BCUT2D eigenvalue weighted by Gasteiger charge is 2.17. The van der Waals surface area contributed by atoms with Crippen LogP contribution in [-0.4, -0.2) is 25.7 Å². The molecule has 0 aliphatic carbocycles. The van der Waals surface area contributed by atoms with Gasteiger partial charge >= 0.3 is 0 Å². The van der Waals surface area contributed by atoms with Gasteiger partial charge in [-0.1, -0.05) is 59.8 Å². The molecule has 36 heavy (non-hydrogen) atoms. The van der Waals surface area contributed by atoms with E-state index in [1.807, 2.05) is 47.0 Å². The summed E-state index contributed by atoms with van der Waals surface area (Å²) in [4.78, 5) is 17.0. The lowest BCUT2D eigenvalue weighted by Crippen LogP contribution is -2.12. The Morgan fingerprint density at radius 1 is 1.03 bits per heavy atom. The van der Waals surface area contributed by atoms with Crippen molar-refractivity contribution in [2.75, 3.05) is 5.32 Å². The summed E-state index contributed by atoms with van der Waals surface area (Å²) < 4.78 is 15.1. The number of benzene rings is 3. The van der Waals surface area contributed by atoms with Crippen LogP contribution < -0.4 is 5.32 Å². The molecule has 10 heteroatoms. The van der Waals surface area contributed by atoms with E-state index in [9.17, 15) is 9.18 Å². The van der Waals surface area contributed by atoms with E-state index in [1.54, 1.807) is 5.38 Å². The summed E-state index contributed by atoms with van der Waals surface area (Å²) in [5, 5.41) is 15.4. The number of carbonyl (C=O) groups is 1. The van der Waals surface area contributed by atoms with Crippen molar-refractivity contribution in [2.45, 2.75) is 17.3 Å². The molecule has 6 nitrogen and oxygen atoms in total. The van der Waals surface area contributed by atoms with Gasteiger partial charge in [-0.15, -0.1) is 21.5 Å². The summed E-state index contributed by atoms with van der Waals surface area (Å²) in [6.07, 6.45) is 0.617. The molecule has 0 saturated carbocycles. The molecule has 0 unspecified atom stereocenters. The molecule has 0 bridgehead atoms. The molecule has 0 aliphatic rings. The van der Waals surface area contributed by atoms with Crippen molar-refractivity contribution in [2.24, 2.45) is 0 Å². The number of hydrogen-bond acceptors (Lipinski definition) is 6. The zero-order valence-electron chi connectivity index (χ0n) is 18.8. The Balaban J connectivity index is 1.33. The number of nitrogens with zero attached hydrogens (tertiary/aromatic N) is 4. The van der Waals surface area contributed by atoms with Gasteiger partial charge in [0.05, 0.1) is 11.4 Å². The molecule has 5 aromatic rings. The van der Waals surface area contributed by atoms with E-state index in [-0.39, 0.29) is 11.7 Å². The minimum Gasteiger partial charge on any atom is -0.321 e. The quantitative estimate of drug-likeness (QED) is 0.225. The summed E-state index contributed by atoms with van der Waals surface area (Å²) in [7, 11) is 0. The van der Waals surface area contributed by atoms with Crippen LogP contribution in [0.3, 0.4) is 0 Å². The molecule has 1 amide bonds. The SMILES string of the molecule is O=C(Nc1ccc(F)cc1)c1csc(CSc2nnc(Cc3ccccc3)n2-c2cccc(Cl)c2)n1. The van der Waals surface area contributed by atoms with Crippen molar-refractivity contribution in [1.82, 2.24) is 19.7 Å². The Labute approximate surface area is 220 Å². The first-order valence-electron chi connectivity index (χ1n) is 10.9. The third kappa shape index (κ3) is 5.81. The number of aromatic nitrogens is 4. The van der Waals surface area contributed by atoms with Gasteiger partial charge in [-0.3, -0.25) is 9.36 Å². The molecule has 0 saturated heterocycles. The van der Waals surface area contributed by atoms with E-state index in [2.05, 4.69) is 32.6 Å². The molecule has 0 spiro atoms. The number of thioether (sulfide) groups is 1. The molecule has 180 valence electrons. The number of amides is 1. The second-order valence-corrected chi connectivity index (χ2v) is 10.1. The van der Waals surface area contributed by atoms with Gasteiger partial charge in [0, 0.05) is 22.5 Å². The number of rotatable bonds is 8. The van der Waals surface area contributed by atoms with Crippen LogP contribution in [0.4, 0.5) is 10.1 Å². The highest BCUT2D eigenvalue weighted by atomic mass is 35.5. The van der Waals surface area contributed by atoms with Crippen molar-refractivity contribution in [3.05, 3.63) is 117 Å². The minimum absolute atomic E-state index is 0.306. The predicted octanol–water partition coefficient (Wildman–Crippen LogP) is 6.65. The van der Waals surface area contributed by atoms with Crippen LogP contribution in [0.5, 0.6) is 0 Å². The van der Waals surface area contributed by atoms with E-state index in [1.165, 1.54) is 47.4 Å². The third-order valence-corrected chi connectivity index (χ3v) is 7.39. The Hall–Kier alpha value is -3.53. The Bertz CT molecular complexity index is 1490. The standard InChI is InChI=1S/C26H19ClFN5OS2/c27-18-7-4-8-21(14-18)33-23(13-17-5-2-1-3-6-17)31-32-26(33)36-16-24-30-22(15-35-24)25(34)29-20-11-9-19(28)10-12-20/h1-12,14-15H,13,16H2,(H,29,34). The van der Waals surface area contributed by atoms with Gasteiger partial charge in [0.1, 0.15) is 22.3 Å². The molecule has 2 aromatic heterocycles. The summed E-state index contributed by atoms with van der Waals surface area (Å²) in [6, 6.07) is 23.2. The van der Waals surface area contributed by atoms with Crippen molar-refractivity contribution >= 4 is 46.3 Å². The van der Waals surface area contributed by atoms with E-state index in [4.69, 9.17) is 11.6 Å². The number of nitrogens with one attached hydrogen (secondary N) is 1. The van der Waals surface area contributed by atoms with Crippen LogP contribution in [0.1, 0.15) is 26.9 Å². The first kappa shape index (κ1) is 24.2. The van der Waals surface area contributed by atoms with Gasteiger partial charge in [0.2, 0.25) is 0 Å². The van der Waals surface area contributed by atoms with Gasteiger partial charge in [-0.05, 0) is 48.0 Å². The summed E-state index contributed by atoms with van der Waals surface area (Å²) >= 11 is 9.15. The van der Waals surface area contributed by atoms with Gasteiger partial charge in [-0.2, -0.15) is 0 Å². The molecule has 2 heterocycles. The molecular weight excluding hydrogens is 517 g/mol.